The van der Waals surface area contributed by atoms with Crippen molar-refractivity contribution >= 4 is 52.0 Å². The quantitative estimate of drug-likeness (QED) is 0.310. The highest BCUT2D eigenvalue weighted by molar-refractivity contribution is 7.99. The van der Waals surface area contributed by atoms with Gasteiger partial charge in [-0.15, -0.1) is 11.8 Å². The third-order valence-electron chi connectivity index (χ3n) is 5.41. The van der Waals surface area contributed by atoms with E-state index in [0.717, 1.165) is 20.6 Å². The standard InChI is InChI=1S/C24H22ClN3O3S/c1-24(20-8-4-6-16-5-2-3-7-19(16)20)22(30)28(23(31)27-24)15-21(29)26-13-14-32-18-11-9-17(25)10-12-18/h2-12H,13-15H2,1H3,(H,26,29)(H,27,31)/t24-/m1/s1. The molecule has 0 spiro atoms. The highest BCUT2D eigenvalue weighted by atomic mass is 35.5. The summed E-state index contributed by atoms with van der Waals surface area (Å²) >= 11 is 7.46. The molecule has 1 heterocycles. The molecule has 2 N–H and O–H groups in total. The fourth-order valence-electron chi connectivity index (χ4n) is 3.77. The van der Waals surface area contributed by atoms with Crippen LogP contribution in [0.5, 0.6) is 0 Å². The minimum Gasteiger partial charge on any atom is -0.354 e. The normalized spacial score (nSPS) is 18.1. The van der Waals surface area contributed by atoms with Crippen LogP contribution in [0.3, 0.4) is 0 Å². The number of urea groups is 1. The van der Waals surface area contributed by atoms with Crippen molar-refractivity contribution in [3.05, 3.63) is 77.3 Å². The maximum atomic E-state index is 13.2. The molecule has 4 amide bonds. The predicted octanol–water partition coefficient (Wildman–Crippen LogP) is 4.17. The predicted molar refractivity (Wildman–Crippen MR) is 127 cm³/mol. The number of nitrogens with one attached hydrogen (secondary N) is 2. The number of rotatable bonds is 7. The van der Waals surface area contributed by atoms with E-state index in [1.165, 1.54) is 0 Å². The highest BCUT2D eigenvalue weighted by Gasteiger charge is 2.50. The third kappa shape index (κ3) is 4.45. The van der Waals surface area contributed by atoms with E-state index in [1.807, 2.05) is 66.7 Å². The molecule has 0 radical (unpaired) electrons. The van der Waals surface area contributed by atoms with Crippen LogP contribution < -0.4 is 10.6 Å². The largest absolute Gasteiger partial charge is 0.354 e. The van der Waals surface area contributed by atoms with E-state index >= 15 is 0 Å². The van der Waals surface area contributed by atoms with Gasteiger partial charge in [0, 0.05) is 22.2 Å². The molecular formula is C24H22ClN3O3S. The Kier molecular flexibility index (Phi) is 6.39. The van der Waals surface area contributed by atoms with Gasteiger partial charge in [-0.2, -0.15) is 0 Å². The Bertz CT molecular complexity index is 1180. The number of benzene rings is 3. The number of hydrogen-bond donors (Lipinski definition) is 2. The summed E-state index contributed by atoms with van der Waals surface area (Å²) in [6.45, 7) is 1.77. The first kappa shape index (κ1) is 22.2. The molecule has 3 aromatic carbocycles. The maximum absolute atomic E-state index is 13.2. The molecule has 0 saturated carbocycles. The van der Waals surface area contributed by atoms with Crippen molar-refractivity contribution in [2.45, 2.75) is 17.4 Å². The Labute approximate surface area is 195 Å². The van der Waals surface area contributed by atoms with E-state index < -0.39 is 17.5 Å². The van der Waals surface area contributed by atoms with E-state index in [1.54, 1.807) is 18.7 Å². The minimum atomic E-state index is -1.23. The summed E-state index contributed by atoms with van der Waals surface area (Å²) in [5, 5.41) is 8.08. The number of carbonyl (C=O) groups is 3. The van der Waals surface area contributed by atoms with Crippen LogP contribution in [0.15, 0.2) is 71.6 Å². The molecule has 1 fully saturated rings. The summed E-state index contributed by atoms with van der Waals surface area (Å²) in [7, 11) is 0. The van der Waals surface area contributed by atoms with Crippen molar-refractivity contribution in [3.8, 4) is 0 Å². The maximum Gasteiger partial charge on any atom is 0.325 e. The summed E-state index contributed by atoms with van der Waals surface area (Å²) in [4.78, 5) is 40.2. The number of carbonyl (C=O) groups excluding carboxylic acids is 3. The van der Waals surface area contributed by atoms with Crippen molar-refractivity contribution in [1.82, 2.24) is 15.5 Å². The van der Waals surface area contributed by atoms with Crippen molar-refractivity contribution in [2.24, 2.45) is 0 Å². The number of fused-ring (bicyclic) bond motifs is 1. The second-order valence-electron chi connectivity index (χ2n) is 7.63. The van der Waals surface area contributed by atoms with Gasteiger partial charge in [0.05, 0.1) is 0 Å². The van der Waals surface area contributed by atoms with Gasteiger partial charge in [0.1, 0.15) is 12.1 Å². The number of amides is 4. The lowest BCUT2D eigenvalue weighted by Gasteiger charge is -2.24. The zero-order valence-corrected chi connectivity index (χ0v) is 19.0. The first-order valence-electron chi connectivity index (χ1n) is 10.2. The van der Waals surface area contributed by atoms with Crippen molar-refractivity contribution in [3.63, 3.8) is 0 Å². The number of nitrogens with zero attached hydrogens (tertiary/aromatic N) is 1. The zero-order valence-electron chi connectivity index (χ0n) is 17.4. The molecule has 1 aliphatic heterocycles. The van der Waals surface area contributed by atoms with Gasteiger partial charge < -0.3 is 10.6 Å². The fourth-order valence-corrected chi connectivity index (χ4v) is 4.67. The molecular weight excluding hydrogens is 446 g/mol. The number of thioether (sulfide) groups is 1. The summed E-state index contributed by atoms with van der Waals surface area (Å²) in [6.07, 6.45) is 0. The lowest BCUT2D eigenvalue weighted by molar-refractivity contribution is -0.134. The molecule has 4 rings (SSSR count). The van der Waals surface area contributed by atoms with Gasteiger partial charge in [0.25, 0.3) is 5.91 Å². The Balaban J connectivity index is 1.38. The Hall–Kier alpha value is -3.03. The summed E-state index contributed by atoms with van der Waals surface area (Å²) in [5.41, 5.74) is -0.529. The molecule has 0 bridgehead atoms. The van der Waals surface area contributed by atoms with E-state index in [9.17, 15) is 14.4 Å². The van der Waals surface area contributed by atoms with E-state index in [2.05, 4.69) is 10.6 Å². The molecule has 3 aromatic rings. The first-order chi connectivity index (χ1) is 15.4. The Morgan fingerprint density at radius 1 is 1.06 bits per heavy atom. The van der Waals surface area contributed by atoms with Gasteiger partial charge in [-0.05, 0) is 47.5 Å². The highest BCUT2D eigenvalue weighted by Crippen LogP contribution is 2.33. The van der Waals surface area contributed by atoms with Gasteiger partial charge in [-0.25, -0.2) is 4.79 Å². The number of hydrogen-bond acceptors (Lipinski definition) is 4. The zero-order chi connectivity index (χ0) is 22.7. The smallest absolute Gasteiger partial charge is 0.325 e. The van der Waals surface area contributed by atoms with Crippen LogP contribution in [0, 0.1) is 0 Å². The van der Waals surface area contributed by atoms with E-state index in [4.69, 9.17) is 11.6 Å². The molecule has 0 unspecified atom stereocenters. The lowest BCUT2D eigenvalue weighted by atomic mass is 9.88. The van der Waals surface area contributed by atoms with Gasteiger partial charge in [0.15, 0.2) is 0 Å². The summed E-state index contributed by atoms with van der Waals surface area (Å²) in [5.74, 6) is -0.168. The average Bonchev–Trinajstić information content (AvgIpc) is 3.01. The van der Waals surface area contributed by atoms with E-state index in [-0.39, 0.29) is 12.5 Å². The van der Waals surface area contributed by atoms with Crippen LogP contribution in [0.25, 0.3) is 10.8 Å². The van der Waals surface area contributed by atoms with Crippen molar-refractivity contribution in [2.75, 3.05) is 18.8 Å². The third-order valence-corrected chi connectivity index (χ3v) is 6.68. The average molecular weight is 468 g/mol. The molecule has 164 valence electrons. The molecule has 1 saturated heterocycles. The number of imide groups is 1. The monoisotopic (exact) mass is 467 g/mol. The minimum absolute atomic E-state index is 0.323. The molecule has 8 heteroatoms. The van der Waals surface area contributed by atoms with Crippen LogP contribution >= 0.6 is 23.4 Å². The molecule has 1 atom stereocenters. The second-order valence-corrected chi connectivity index (χ2v) is 9.23. The van der Waals surface area contributed by atoms with Crippen LogP contribution in [0.1, 0.15) is 12.5 Å². The Morgan fingerprint density at radius 2 is 1.78 bits per heavy atom. The second kappa shape index (κ2) is 9.22. The van der Waals surface area contributed by atoms with Crippen LogP contribution in [0.2, 0.25) is 5.02 Å². The molecule has 6 nitrogen and oxygen atoms in total. The van der Waals surface area contributed by atoms with Gasteiger partial charge in [0.2, 0.25) is 5.91 Å². The molecule has 0 aliphatic carbocycles. The van der Waals surface area contributed by atoms with Crippen molar-refractivity contribution in [1.29, 1.82) is 0 Å². The number of halogens is 1. The van der Waals surface area contributed by atoms with E-state index in [0.29, 0.717) is 22.9 Å². The lowest BCUT2D eigenvalue weighted by Crippen LogP contribution is -2.43. The van der Waals surface area contributed by atoms with Gasteiger partial charge in [-0.1, -0.05) is 54.1 Å². The van der Waals surface area contributed by atoms with Crippen LogP contribution in [-0.2, 0) is 15.1 Å². The van der Waals surface area contributed by atoms with Crippen LogP contribution in [0.4, 0.5) is 4.79 Å². The summed E-state index contributed by atoms with van der Waals surface area (Å²) < 4.78 is 0. The van der Waals surface area contributed by atoms with Gasteiger partial charge >= 0.3 is 6.03 Å². The SMILES string of the molecule is C[C@]1(c2cccc3ccccc23)NC(=O)N(CC(=O)NCCSc2ccc(Cl)cc2)C1=O. The first-order valence-corrected chi connectivity index (χ1v) is 11.5. The van der Waals surface area contributed by atoms with Gasteiger partial charge in [-0.3, -0.25) is 14.5 Å². The molecule has 32 heavy (non-hydrogen) atoms. The molecule has 1 aliphatic rings. The van der Waals surface area contributed by atoms with Crippen LogP contribution in [-0.4, -0.2) is 41.6 Å². The molecule has 0 aromatic heterocycles. The summed E-state index contributed by atoms with van der Waals surface area (Å²) in [6, 6.07) is 20.2. The topological polar surface area (TPSA) is 78.5 Å². The van der Waals surface area contributed by atoms with Crippen molar-refractivity contribution < 1.29 is 14.4 Å². The fraction of sp³-hybridized carbons (Fsp3) is 0.208. The Morgan fingerprint density at radius 3 is 2.56 bits per heavy atom.